The van der Waals surface area contributed by atoms with Crippen LogP contribution in [0, 0.1) is 11.3 Å². The van der Waals surface area contributed by atoms with Crippen molar-refractivity contribution in [1.29, 1.82) is 0 Å². The lowest BCUT2D eigenvalue weighted by Gasteiger charge is -2.59. The Morgan fingerprint density at radius 2 is 1.87 bits per heavy atom. The first-order valence-corrected chi connectivity index (χ1v) is 11.2. The Kier molecular flexibility index (Phi) is 4.00. The number of amides is 2. The Morgan fingerprint density at radius 1 is 1.17 bits per heavy atom. The van der Waals surface area contributed by atoms with Crippen LogP contribution in [0.4, 0.5) is 4.79 Å². The maximum absolute atomic E-state index is 12.7. The zero-order chi connectivity index (χ0) is 20.5. The molecule has 2 amide bonds. The van der Waals surface area contributed by atoms with E-state index in [-0.39, 0.29) is 11.4 Å². The van der Waals surface area contributed by atoms with Crippen LogP contribution < -0.4 is 0 Å². The SMILES string of the molecule is O=C(N1CC(Cc2ccc(Cl)cc2)C1)N1CC2(CC(c3nc(C4(O)CC4)n[nH]3)C2)C1. The number of aliphatic hydroxyl groups is 1. The number of hydrogen-bond donors (Lipinski definition) is 2. The van der Waals surface area contributed by atoms with Crippen LogP contribution in [0.3, 0.4) is 0 Å². The predicted octanol–water partition coefficient (Wildman–Crippen LogP) is 2.91. The number of likely N-dealkylation sites (tertiary alicyclic amines) is 2. The van der Waals surface area contributed by atoms with E-state index in [0.29, 0.717) is 17.7 Å². The maximum atomic E-state index is 12.7. The van der Waals surface area contributed by atoms with Crippen molar-refractivity contribution in [3.8, 4) is 0 Å². The van der Waals surface area contributed by atoms with Gasteiger partial charge in [0, 0.05) is 42.5 Å². The van der Waals surface area contributed by atoms with Crippen molar-refractivity contribution in [2.45, 2.75) is 43.6 Å². The van der Waals surface area contributed by atoms with Gasteiger partial charge in [0.1, 0.15) is 11.4 Å². The fourth-order valence-corrected chi connectivity index (χ4v) is 5.48. The molecule has 158 valence electrons. The molecule has 2 N–H and O–H groups in total. The van der Waals surface area contributed by atoms with Gasteiger partial charge in [-0.15, -0.1) is 0 Å². The molecule has 2 saturated heterocycles. The van der Waals surface area contributed by atoms with E-state index in [9.17, 15) is 9.90 Å². The van der Waals surface area contributed by atoms with Gasteiger partial charge < -0.3 is 14.9 Å². The highest BCUT2D eigenvalue weighted by Gasteiger charge is 2.56. The molecule has 7 nitrogen and oxygen atoms in total. The number of carbonyl (C=O) groups excluding carboxylic acids is 1. The number of H-pyrrole nitrogens is 1. The van der Waals surface area contributed by atoms with Crippen LogP contribution in [0.25, 0.3) is 0 Å². The van der Waals surface area contributed by atoms with Gasteiger partial charge in [0.05, 0.1) is 0 Å². The van der Waals surface area contributed by atoms with Gasteiger partial charge in [-0.25, -0.2) is 9.78 Å². The van der Waals surface area contributed by atoms with Crippen LogP contribution in [0.1, 0.15) is 48.8 Å². The molecule has 0 bridgehead atoms. The molecule has 4 fully saturated rings. The van der Waals surface area contributed by atoms with E-state index in [1.54, 1.807) is 0 Å². The van der Waals surface area contributed by atoms with Gasteiger partial charge >= 0.3 is 6.03 Å². The zero-order valence-corrected chi connectivity index (χ0v) is 17.6. The van der Waals surface area contributed by atoms with Gasteiger partial charge in [-0.2, -0.15) is 5.10 Å². The molecule has 30 heavy (non-hydrogen) atoms. The molecule has 6 rings (SSSR count). The van der Waals surface area contributed by atoms with Crippen LogP contribution >= 0.6 is 11.6 Å². The molecule has 0 unspecified atom stereocenters. The quantitative estimate of drug-likeness (QED) is 0.785. The normalized spacial score (nSPS) is 24.3. The first-order chi connectivity index (χ1) is 14.4. The molecule has 2 aliphatic carbocycles. The summed E-state index contributed by atoms with van der Waals surface area (Å²) in [5.74, 6) is 2.36. The van der Waals surface area contributed by atoms with Gasteiger partial charge in [0.15, 0.2) is 5.82 Å². The molecular formula is C22H26ClN5O2. The third-order valence-electron chi connectivity index (χ3n) is 7.38. The number of benzene rings is 1. The van der Waals surface area contributed by atoms with E-state index < -0.39 is 5.60 Å². The average Bonchev–Trinajstić information content (AvgIpc) is 3.18. The van der Waals surface area contributed by atoms with Crippen LogP contribution in [-0.4, -0.2) is 62.3 Å². The maximum Gasteiger partial charge on any atom is 0.320 e. The highest BCUT2D eigenvalue weighted by molar-refractivity contribution is 6.30. The number of aromatic nitrogens is 3. The summed E-state index contributed by atoms with van der Waals surface area (Å²) in [7, 11) is 0. The Hall–Kier alpha value is -2.12. The number of aromatic amines is 1. The molecule has 2 saturated carbocycles. The third-order valence-corrected chi connectivity index (χ3v) is 7.63. The molecule has 2 aromatic rings. The second kappa shape index (κ2) is 6.44. The topological polar surface area (TPSA) is 85.3 Å². The largest absolute Gasteiger partial charge is 0.382 e. The van der Waals surface area contributed by atoms with Crippen molar-refractivity contribution in [3.63, 3.8) is 0 Å². The van der Waals surface area contributed by atoms with Gasteiger partial charge in [-0.05, 0) is 55.7 Å². The Morgan fingerprint density at radius 3 is 2.53 bits per heavy atom. The summed E-state index contributed by atoms with van der Waals surface area (Å²) in [5, 5.41) is 18.1. The summed E-state index contributed by atoms with van der Waals surface area (Å²) in [6, 6.07) is 8.19. The molecule has 1 spiro atoms. The molecule has 3 heterocycles. The van der Waals surface area contributed by atoms with Gasteiger partial charge in [0.25, 0.3) is 0 Å². The number of urea groups is 1. The average molecular weight is 428 g/mol. The molecule has 1 aromatic heterocycles. The highest BCUT2D eigenvalue weighted by Crippen LogP contribution is 2.56. The smallest absolute Gasteiger partial charge is 0.320 e. The second-order valence-electron chi connectivity index (χ2n) is 9.92. The molecule has 0 atom stereocenters. The number of rotatable bonds is 4. The third kappa shape index (κ3) is 3.10. The van der Waals surface area contributed by atoms with Crippen molar-refractivity contribution in [3.05, 3.63) is 46.5 Å². The van der Waals surface area contributed by atoms with E-state index in [0.717, 1.165) is 69.1 Å². The van der Waals surface area contributed by atoms with Gasteiger partial charge in [-0.3, -0.25) is 5.10 Å². The van der Waals surface area contributed by atoms with E-state index in [4.69, 9.17) is 11.6 Å². The Balaban J connectivity index is 0.956. The lowest BCUT2D eigenvalue weighted by atomic mass is 9.57. The van der Waals surface area contributed by atoms with Crippen molar-refractivity contribution in [2.24, 2.45) is 11.3 Å². The van der Waals surface area contributed by atoms with E-state index in [2.05, 4.69) is 27.3 Å². The zero-order valence-electron chi connectivity index (χ0n) is 16.9. The van der Waals surface area contributed by atoms with Crippen molar-refractivity contribution in [1.82, 2.24) is 25.0 Å². The summed E-state index contributed by atoms with van der Waals surface area (Å²) in [6.07, 6.45) is 4.60. The summed E-state index contributed by atoms with van der Waals surface area (Å²) in [6.45, 7) is 3.39. The molecular weight excluding hydrogens is 402 g/mol. The number of nitrogens with zero attached hydrogens (tertiary/aromatic N) is 4. The second-order valence-corrected chi connectivity index (χ2v) is 10.4. The van der Waals surface area contributed by atoms with Crippen molar-refractivity contribution in [2.75, 3.05) is 26.2 Å². The summed E-state index contributed by atoms with van der Waals surface area (Å²) < 4.78 is 0. The molecule has 0 radical (unpaired) electrons. The number of hydrogen-bond acceptors (Lipinski definition) is 4. The predicted molar refractivity (Wildman–Crippen MR) is 111 cm³/mol. The lowest BCUT2D eigenvalue weighted by Crippen LogP contribution is -2.67. The molecule has 8 heteroatoms. The number of halogens is 1. The van der Waals surface area contributed by atoms with Crippen molar-refractivity contribution < 1.29 is 9.90 Å². The highest BCUT2D eigenvalue weighted by atomic mass is 35.5. The van der Waals surface area contributed by atoms with Gasteiger partial charge in [0.2, 0.25) is 0 Å². The lowest BCUT2D eigenvalue weighted by molar-refractivity contribution is -0.0622. The van der Waals surface area contributed by atoms with E-state index in [1.807, 2.05) is 21.9 Å². The molecule has 4 aliphatic rings. The fourth-order valence-electron chi connectivity index (χ4n) is 5.35. The fraction of sp³-hybridized carbons (Fsp3) is 0.591. The molecule has 1 aromatic carbocycles. The van der Waals surface area contributed by atoms with Gasteiger partial charge in [-0.1, -0.05) is 23.7 Å². The minimum absolute atomic E-state index is 0.189. The molecule has 2 aliphatic heterocycles. The summed E-state index contributed by atoms with van der Waals surface area (Å²) in [5.41, 5.74) is 0.764. The Bertz CT molecular complexity index is 966. The first kappa shape index (κ1) is 18.6. The Labute approximate surface area is 180 Å². The van der Waals surface area contributed by atoms with Crippen LogP contribution in [0.2, 0.25) is 5.02 Å². The number of carbonyl (C=O) groups is 1. The standard InChI is InChI=1S/C22H26ClN5O2/c23-17-3-1-14(2-4-17)7-15-10-27(11-15)20(29)28-12-21(13-28)8-16(9-21)18-24-19(26-25-18)22(30)5-6-22/h1-4,15-16,30H,5-13H2,(H,24,25,26). The minimum atomic E-state index is -0.779. The van der Waals surface area contributed by atoms with Crippen LogP contribution in [0.5, 0.6) is 0 Å². The number of nitrogens with one attached hydrogen (secondary N) is 1. The minimum Gasteiger partial charge on any atom is -0.382 e. The van der Waals surface area contributed by atoms with Crippen LogP contribution in [-0.2, 0) is 12.0 Å². The summed E-state index contributed by atoms with van der Waals surface area (Å²) in [4.78, 5) is 21.2. The van der Waals surface area contributed by atoms with E-state index >= 15 is 0 Å². The van der Waals surface area contributed by atoms with Crippen LogP contribution in [0.15, 0.2) is 24.3 Å². The summed E-state index contributed by atoms with van der Waals surface area (Å²) >= 11 is 5.95. The first-order valence-electron chi connectivity index (χ1n) is 10.8. The van der Waals surface area contributed by atoms with Crippen molar-refractivity contribution >= 4 is 17.6 Å². The van der Waals surface area contributed by atoms with E-state index in [1.165, 1.54) is 5.56 Å². The monoisotopic (exact) mass is 427 g/mol.